The van der Waals surface area contributed by atoms with Gasteiger partial charge in [0.15, 0.2) is 0 Å². The lowest BCUT2D eigenvalue weighted by Crippen LogP contribution is -2.12. The van der Waals surface area contributed by atoms with Crippen LogP contribution in [0.5, 0.6) is 0 Å². The number of nitrogens with zero attached hydrogens (tertiary/aromatic N) is 2. The Labute approximate surface area is 149 Å². The summed E-state index contributed by atoms with van der Waals surface area (Å²) in [6, 6.07) is 11.5. The summed E-state index contributed by atoms with van der Waals surface area (Å²) < 4.78 is 0.330. The third-order valence-corrected chi connectivity index (χ3v) is 4.72. The lowest BCUT2D eigenvalue weighted by atomic mass is 10.1. The van der Waals surface area contributed by atoms with Gasteiger partial charge >= 0.3 is 0 Å². The van der Waals surface area contributed by atoms with E-state index in [1.54, 1.807) is 18.3 Å². The molecule has 24 heavy (non-hydrogen) atoms. The van der Waals surface area contributed by atoms with Gasteiger partial charge in [-0.15, -0.1) is 11.3 Å². The second-order valence-electron chi connectivity index (χ2n) is 4.79. The third kappa shape index (κ3) is 3.50. The molecule has 0 saturated heterocycles. The quantitative estimate of drug-likeness (QED) is 0.503. The van der Waals surface area contributed by atoms with Crippen LogP contribution >= 0.6 is 27.3 Å². The van der Waals surface area contributed by atoms with Crippen molar-refractivity contribution in [2.24, 2.45) is 0 Å². The molecule has 0 aliphatic heterocycles. The van der Waals surface area contributed by atoms with Crippen molar-refractivity contribution in [2.45, 2.75) is 0 Å². The fourth-order valence-electron chi connectivity index (χ4n) is 2.06. The largest absolute Gasteiger partial charge is 0.322 e. The summed E-state index contributed by atoms with van der Waals surface area (Å²) in [5.41, 5.74) is 1.63. The normalized spacial score (nSPS) is 10.4. The van der Waals surface area contributed by atoms with Crippen LogP contribution in [0.4, 0.5) is 11.4 Å². The first-order chi connectivity index (χ1) is 11.5. The molecule has 120 valence electrons. The summed E-state index contributed by atoms with van der Waals surface area (Å²) in [4.78, 5) is 26.9. The fourth-order valence-corrected chi connectivity index (χ4v) is 3.10. The molecular formula is C16H10BrN3O3S. The standard InChI is InChI=1S/C16H10BrN3O3S/c17-13-6-3-11(9-14(13)20(22)23)15(21)19-12-4-1-10(2-5-12)16-18-7-8-24-16/h1-9H,(H,19,21). The molecule has 0 radical (unpaired) electrons. The van der Waals surface area contributed by atoms with Crippen LogP contribution in [0.15, 0.2) is 58.5 Å². The number of halogens is 1. The zero-order valence-electron chi connectivity index (χ0n) is 12.1. The summed E-state index contributed by atoms with van der Waals surface area (Å²) in [5, 5.41) is 16.5. The number of hydrogen-bond donors (Lipinski definition) is 1. The van der Waals surface area contributed by atoms with Gasteiger partial charge in [0, 0.05) is 34.5 Å². The average Bonchev–Trinajstić information content (AvgIpc) is 3.10. The number of nitro benzene ring substituents is 1. The van der Waals surface area contributed by atoms with Crippen molar-refractivity contribution in [1.29, 1.82) is 0 Å². The molecule has 0 bridgehead atoms. The Hall–Kier alpha value is -2.58. The first-order valence-corrected chi connectivity index (χ1v) is 8.47. The minimum Gasteiger partial charge on any atom is -0.322 e. The van der Waals surface area contributed by atoms with Crippen LogP contribution < -0.4 is 5.32 Å². The first-order valence-electron chi connectivity index (χ1n) is 6.80. The number of nitrogens with one attached hydrogen (secondary N) is 1. The van der Waals surface area contributed by atoms with E-state index in [1.165, 1.54) is 29.5 Å². The molecule has 0 fully saturated rings. The Bertz CT molecular complexity index is 895. The van der Waals surface area contributed by atoms with Gasteiger partial charge in [-0.3, -0.25) is 14.9 Å². The molecule has 0 spiro atoms. The van der Waals surface area contributed by atoms with Crippen LogP contribution in [-0.4, -0.2) is 15.8 Å². The molecule has 0 aliphatic rings. The monoisotopic (exact) mass is 403 g/mol. The predicted molar refractivity (Wildman–Crippen MR) is 96.3 cm³/mol. The van der Waals surface area contributed by atoms with E-state index >= 15 is 0 Å². The maximum atomic E-state index is 12.3. The van der Waals surface area contributed by atoms with Gasteiger partial charge in [0.1, 0.15) is 5.01 Å². The Morgan fingerprint density at radius 1 is 1.21 bits per heavy atom. The predicted octanol–water partition coefficient (Wildman–Crippen LogP) is 4.73. The second kappa shape index (κ2) is 6.90. The van der Waals surface area contributed by atoms with Crippen LogP contribution in [0.1, 0.15) is 10.4 Å². The highest BCUT2D eigenvalue weighted by Crippen LogP contribution is 2.27. The summed E-state index contributed by atoms with van der Waals surface area (Å²) >= 11 is 4.63. The van der Waals surface area contributed by atoms with Gasteiger partial charge in [-0.2, -0.15) is 0 Å². The Balaban J connectivity index is 1.77. The molecule has 0 aliphatic carbocycles. The van der Waals surface area contributed by atoms with Crippen LogP contribution in [0, 0.1) is 10.1 Å². The third-order valence-electron chi connectivity index (χ3n) is 3.23. The maximum absolute atomic E-state index is 12.3. The smallest absolute Gasteiger partial charge is 0.284 e. The Kier molecular flexibility index (Phi) is 4.68. The van der Waals surface area contributed by atoms with E-state index in [9.17, 15) is 14.9 Å². The number of benzene rings is 2. The van der Waals surface area contributed by atoms with Crippen molar-refractivity contribution in [3.05, 3.63) is 74.2 Å². The summed E-state index contributed by atoms with van der Waals surface area (Å²) in [6.45, 7) is 0. The number of amides is 1. The summed E-state index contributed by atoms with van der Waals surface area (Å²) in [7, 11) is 0. The van der Waals surface area contributed by atoms with Gasteiger partial charge in [-0.1, -0.05) is 0 Å². The number of carbonyl (C=O) groups excluding carboxylic acids is 1. The summed E-state index contributed by atoms with van der Waals surface area (Å²) in [5.74, 6) is -0.410. The van der Waals surface area contributed by atoms with E-state index in [4.69, 9.17) is 0 Å². The molecule has 0 unspecified atom stereocenters. The van der Waals surface area contributed by atoms with E-state index in [-0.39, 0.29) is 11.3 Å². The van der Waals surface area contributed by atoms with E-state index in [1.807, 2.05) is 17.5 Å². The topological polar surface area (TPSA) is 85.1 Å². The number of carbonyl (C=O) groups is 1. The number of rotatable bonds is 4. The van der Waals surface area contributed by atoms with Crippen molar-refractivity contribution in [1.82, 2.24) is 4.98 Å². The van der Waals surface area contributed by atoms with E-state index in [0.717, 1.165) is 10.6 Å². The highest BCUT2D eigenvalue weighted by atomic mass is 79.9. The fraction of sp³-hybridized carbons (Fsp3) is 0. The molecule has 1 aromatic heterocycles. The Morgan fingerprint density at radius 3 is 2.58 bits per heavy atom. The minimum atomic E-state index is -0.538. The first kappa shape index (κ1) is 16.3. The van der Waals surface area contributed by atoms with Gasteiger partial charge < -0.3 is 5.32 Å². The molecule has 6 nitrogen and oxygen atoms in total. The van der Waals surface area contributed by atoms with Crippen molar-refractivity contribution < 1.29 is 9.72 Å². The van der Waals surface area contributed by atoms with Crippen molar-refractivity contribution in [2.75, 3.05) is 5.32 Å². The van der Waals surface area contributed by atoms with E-state index < -0.39 is 10.8 Å². The molecule has 3 aromatic rings. The lowest BCUT2D eigenvalue weighted by Gasteiger charge is -2.06. The van der Waals surface area contributed by atoms with E-state index in [0.29, 0.717) is 10.2 Å². The number of nitro groups is 1. The zero-order chi connectivity index (χ0) is 17.1. The SMILES string of the molecule is O=C(Nc1ccc(-c2nccs2)cc1)c1ccc(Br)c([N+](=O)[O-])c1. The average molecular weight is 404 g/mol. The van der Waals surface area contributed by atoms with Crippen molar-refractivity contribution in [3.8, 4) is 10.6 Å². The molecular weight excluding hydrogens is 394 g/mol. The molecule has 8 heteroatoms. The molecule has 0 saturated carbocycles. The highest BCUT2D eigenvalue weighted by molar-refractivity contribution is 9.10. The number of aromatic nitrogens is 1. The minimum absolute atomic E-state index is 0.151. The van der Waals surface area contributed by atoms with Gasteiger partial charge in [0.25, 0.3) is 11.6 Å². The zero-order valence-corrected chi connectivity index (χ0v) is 14.5. The summed E-state index contributed by atoms with van der Waals surface area (Å²) in [6.07, 6.45) is 1.73. The molecule has 3 rings (SSSR count). The van der Waals surface area contributed by atoms with Crippen LogP contribution in [0.25, 0.3) is 10.6 Å². The van der Waals surface area contributed by atoms with Gasteiger partial charge in [0.2, 0.25) is 0 Å². The Morgan fingerprint density at radius 2 is 1.96 bits per heavy atom. The highest BCUT2D eigenvalue weighted by Gasteiger charge is 2.16. The molecule has 2 aromatic carbocycles. The number of anilines is 1. The van der Waals surface area contributed by atoms with Crippen LogP contribution in [-0.2, 0) is 0 Å². The molecule has 1 heterocycles. The second-order valence-corrected chi connectivity index (χ2v) is 6.54. The number of hydrogen-bond acceptors (Lipinski definition) is 5. The van der Waals surface area contributed by atoms with Gasteiger partial charge in [0.05, 0.1) is 9.40 Å². The number of thiazole rings is 1. The van der Waals surface area contributed by atoms with Gasteiger partial charge in [-0.25, -0.2) is 4.98 Å². The molecule has 1 N–H and O–H groups in total. The van der Waals surface area contributed by atoms with Gasteiger partial charge in [-0.05, 0) is 52.3 Å². The van der Waals surface area contributed by atoms with E-state index in [2.05, 4.69) is 26.2 Å². The van der Waals surface area contributed by atoms with Crippen molar-refractivity contribution in [3.63, 3.8) is 0 Å². The molecule has 0 atom stereocenters. The van der Waals surface area contributed by atoms with Crippen molar-refractivity contribution >= 4 is 44.5 Å². The van der Waals surface area contributed by atoms with Crippen LogP contribution in [0.2, 0.25) is 0 Å². The molecule has 1 amide bonds. The van der Waals surface area contributed by atoms with Crippen LogP contribution in [0.3, 0.4) is 0 Å². The maximum Gasteiger partial charge on any atom is 0.284 e. The lowest BCUT2D eigenvalue weighted by molar-refractivity contribution is -0.385.